The molecule has 4 rings (SSSR count). The molecule has 136 valence electrons. The molecule has 1 aliphatic heterocycles. The number of aryl methyl sites for hydroxylation is 1. The zero-order valence-corrected chi connectivity index (χ0v) is 15.2. The zero-order valence-electron chi connectivity index (χ0n) is 15.2. The summed E-state index contributed by atoms with van der Waals surface area (Å²) in [5, 5.41) is 0. The van der Waals surface area contributed by atoms with E-state index < -0.39 is 0 Å². The molecule has 0 bridgehead atoms. The molecule has 1 aliphatic carbocycles. The maximum absolute atomic E-state index is 12.5. The van der Waals surface area contributed by atoms with Crippen LogP contribution in [0.15, 0.2) is 36.5 Å². The van der Waals surface area contributed by atoms with Crippen molar-refractivity contribution in [2.45, 2.75) is 43.9 Å². The third-order valence-electron chi connectivity index (χ3n) is 5.80. The van der Waals surface area contributed by atoms with Crippen LogP contribution in [-0.2, 0) is 16.6 Å². The molecule has 5 heteroatoms. The lowest BCUT2D eigenvalue weighted by Gasteiger charge is -2.40. The van der Waals surface area contributed by atoms with Crippen molar-refractivity contribution in [3.8, 4) is 11.4 Å². The first-order valence-corrected chi connectivity index (χ1v) is 9.61. The Labute approximate surface area is 154 Å². The molecule has 2 aromatic rings. The van der Waals surface area contributed by atoms with Crippen LogP contribution in [0.5, 0.6) is 0 Å². The minimum atomic E-state index is -0.00156. The fourth-order valence-electron chi connectivity index (χ4n) is 4.42. The molecule has 1 amide bonds. The monoisotopic (exact) mass is 350 g/mol. The van der Waals surface area contributed by atoms with Crippen molar-refractivity contribution in [1.29, 1.82) is 0 Å². The van der Waals surface area contributed by atoms with Gasteiger partial charge < -0.3 is 10.6 Å². The maximum atomic E-state index is 12.5. The highest BCUT2D eigenvalue weighted by atomic mass is 16.2. The lowest BCUT2D eigenvalue weighted by Crippen LogP contribution is -2.48. The average Bonchev–Trinajstić information content (AvgIpc) is 3.04. The van der Waals surface area contributed by atoms with Gasteiger partial charge in [-0.3, -0.25) is 4.79 Å². The van der Waals surface area contributed by atoms with E-state index in [1.165, 1.54) is 11.3 Å². The molecule has 2 N–H and O–H groups in total. The first-order chi connectivity index (χ1) is 12.7. The van der Waals surface area contributed by atoms with E-state index in [1.54, 1.807) is 0 Å². The molecule has 2 aliphatic rings. The Kier molecular flexibility index (Phi) is 4.72. The van der Waals surface area contributed by atoms with Crippen LogP contribution in [0.2, 0.25) is 0 Å². The molecule has 1 aromatic heterocycles. The minimum absolute atomic E-state index is 0.00156. The van der Waals surface area contributed by atoms with E-state index >= 15 is 0 Å². The predicted molar refractivity (Wildman–Crippen MR) is 102 cm³/mol. The summed E-state index contributed by atoms with van der Waals surface area (Å²) < 4.78 is 0. The summed E-state index contributed by atoms with van der Waals surface area (Å²) in [6, 6.07) is 10.1. The van der Waals surface area contributed by atoms with E-state index in [0.717, 1.165) is 56.6 Å². The molecule has 1 atom stereocenters. The number of carbonyl (C=O) groups is 1. The summed E-state index contributed by atoms with van der Waals surface area (Å²) in [6.07, 6.45) is 7.53. The van der Waals surface area contributed by atoms with Crippen LogP contribution in [0.4, 0.5) is 0 Å². The number of aromatic nitrogens is 2. The standard InChI is InChI=1S/C21H26N4O/c22-12-4-8-18(26)25-13-5-10-21(15-25)11-9-17-14-23-20(24-19(17)21)16-6-2-1-3-7-16/h1-3,6-7,14H,4-5,8-13,15,22H2. The minimum Gasteiger partial charge on any atom is -0.342 e. The number of piperidine rings is 1. The van der Waals surface area contributed by atoms with Crippen molar-refractivity contribution in [2.24, 2.45) is 5.73 Å². The second-order valence-electron chi connectivity index (χ2n) is 7.52. The predicted octanol–water partition coefficient (Wildman–Crippen LogP) is 2.69. The maximum Gasteiger partial charge on any atom is 0.222 e. The smallest absolute Gasteiger partial charge is 0.222 e. The van der Waals surface area contributed by atoms with Crippen molar-refractivity contribution < 1.29 is 4.79 Å². The molecule has 2 heterocycles. The molecular formula is C21H26N4O. The van der Waals surface area contributed by atoms with Crippen LogP contribution >= 0.6 is 0 Å². The van der Waals surface area contributed by atoms with Crippen molar-refractivity contribution >= 4 is 5.91 Å². The Hall–Kier alpha value is -2.27. The first-order valence-electron chi connectivity index (χ1n) is 9.61. The number of hydrogen-bond acceptors (Lipinski definition) is 4. The molecule has 1 aromatic carbocycles. The summed E-state index contributed by atoms with van der Waals surface area (Å²) in [5.41, 5.74) is 9.03. The molecule has 0 radical (unpaired) electrons. The van der Waals surface area contributed by atoms with Crippen LogP contribution < -0.4 is 5.73 Å². The fraction of sp³-hybridized carbons (Fsp3) is 0.476. The third kappa shape index (κ3) is 3.12. The van der Waals surface area contributed by atoms with Gasteiger partial charge in [-0.2, -0.15) is 0 Å². The quantitative estimate of drug-likeness (QED) is 0.920. The van der Waals surface area contributed by atoms with Crippen molar-refractivity contribution in [2.75, 3.05) is 19.6 Å². The number of nitrogens with two attached hydrogens (primary N) is 1. The van der Waals surface area contributed by atoms with Gasteiger partial charge in [-0.1, -0.05) is 30.3 Å². The van der Waals surface area contributed by atoms with Crippen molar-refractivity contribution in [1.82, 2.24) is 14.9 Å². The van der Waals surface area contributed by atoms with Crippen LogP contribution in [0, 0.1) is 0 Å². The van der Waals surface area contributed by atoms with Gasteiger partial charge in [0.05, 0.1) is 5.69 Å². The summed E-state index contributed by atoms with van der Waals surface area (Å²) in [6.45, 7) is 2.22. The molecule has 1 unspecified atom stereocenters. The number of amides is 1. The summed E-state index contributed by atoms with van der Waals surface area (Å²) >= 11 is 0. The first kappa shape index (κ1) is 17.2. The van der Waals surface area contributed by atoms with E-state index in [4.69, 9.17) is 10.7 Å². The van der Waals surface area contributed by atoms with Gasteiger partial charge in [-0.15, -0.1) is 0 Å². The molecule has 1 saturated heterocycles. The van der Waals surface area contributed by atoms with Crippen LogP contribution in [0.1, 0.15) is 43.4 Å². The number of rotatable bonds is 4. The molecule has 5 nitrogen and oxygen atoms in total. The number of hydrogen-bond donors (Lipinski definition) is 1. The number of fused-ring (bicyclic) bond motifs is 2. The SMILES string of the molecule is NCCCC(=O)N1CCCC2(CCc3cnc(-c4ccccc4)nc32)C1. The highest BCUT2D eigenvalue weighted by molar-refractivity contribution is 5.76. The molecule has 1 fully saturated rings. The van der Waals surface area contributed by atoms with Gasteiger partial charge in [0, 0.05) is 36.7 Å². The summed E-state index contributed by atoms with van der Waals surface area (Å²) in [4.78, 5) is 24.2. The van der Waals surface area contributed by atoms with Crippen LogP contribution in [0.3, 0.4) is 0 Å². The average molecular weight is 350 g/mol. The number of likely N-dealkylation sites (tertiary alicyclic amines) is 1. The third-order valence-corrected chi connectivity index (χ3v) is 5.80. The Bertz CT molecular complexity index is 788. The van der Waals surface area contributed by atoms with Crippen molar-refractivity contribution in [3.63, 3.8) is 0 Å². The van der Waals surface area contributed by atoms with Crippen molar-refractivity contribution in [3.05, 3.63) is 47.8 Å². The largest absolute Gasteiger partial charge is 0.342 e. The van der Waals surface area contributed by atoms with Gasteiger partial charge in [0.25, 0.3) is 0 Å². The normalized spacial score (nSPS) is 21.8. The Balaban J connectivity index is 1.62. The summed E-state index contributed by atoms with van der Waals surface area (Å²) in [7, 11) is 0. The van der Waals surface area contributed by atoms with Crippen LogP contribution in [-0.4, -0.2) is 40.4 Å². The lowest BCUT2D eigenvalue weighted by atomic mass is 9.77. The highest BCUT2D eigenvalue weighted by Gasteiger charge is 2.44. The van der Waals surface area contributed by atoms with Gasteiger partial charge in [0.2, 0.25) is 5.91 Å². The topological polar surface area (TPSA) is 72.1 Å². The van der Waals surface area contributed by atoms with Gasteiger partial charge in [-0.05, 0) is 44.2 Å². The zero-order chi connectivity index (χ0) is 18.0. The lowest BCUT2D eigenvalue weighted by molar-refractivity contribution is -0.133. The van der Waals surface area contributed by atoms with E-state index in [-0.39, 0.29) is 11.3 Å². The molecule has 1 spiro atoms. The van der Waals surface area contributed by atoms with E-state index in [2.05, 4.69) is 4.98 Å². The second kappa shape index (κ2) is 7.16. The van der Waals surface area contributed by atoms with E-state index in [9.17, 15) is 4.79 Å². The molecular weight excluding hydrogens is 324 g/mol. The Morgan fingerprint density at radius 2 is 2.08 bits per heavy atom. The van der Waals surface area contributed by atoms with Crippen LogP contribution in [0.25, 0.3) is 11.4 Å². The fourth-order valence-corrected chi connectivity index (χ4v) is 4.42. The number of nitrogens with zero attached hydrogens (tertiary/aromatic N) is 3. The Morgan fingerprint density at radius 1 is 1.23 bits per heavy atom. The molecule has 26 heavy (non-hydrogen) atoms. The van der Waals surface area contributed by atoms with E-state index in [1.807, 2.05) is 41.4 Å². The van der Waals surface area contributed by atoms with Gasteiger partial charge in [-0.25, -0.2) is 9.97 Å². The van der Waals surface area contributed by atoms with Gasteiger partial charge >= 0.3 is 0 Å². The number of benzene rings is 1. The second-order valence-corrected chi connectivity index (χ2v) is 7.52. The molecule has 0 saturated carbocycles. The number of carbonyl (C=O) groups excluding carboxylic acids is 1. The Morgan fingerprint density at radius 3 is 2.88 bits per heavy atom. The highest BCUT2D eigenvalue weighted by Crippen LogP contribution is 2.44. The van der Waals surface area contributed by atoms with Gasteiger partial charge in [0.1, 0.15) is 0 Å². The van der Waals surface area contributed by atoms with E-state index in [0.29, 0.717) is 13.0 Å². The summed E-state index contributed by atoms with van der Waals surface area (Å²) in [5.74, 6) is 1.03. The van der Waals surface area contributed by atoms with Gasteiger partial charge in [0.15, 0.2) is 5.82 Å².